The first-order chi connectivity index (χ1) is 15.0. The van der Waals surface area contributed by atoms with Crippen molar-refractivity contribution in [2.24, 2.45) is 7.05 Å². The summed E-state index contributed by atoms with van der Waals surface area (Å²) >= 11 is 0. The number of carbonyl (C=O) groups is 1. The fourth-order valence-electron chi connectivity index (χ4n) is 3.88. The molecule has 1 aliphatic heterocycles. The lowest BCUT2D eigenvalue weighted by Gasteiger charge is -2.33. The number of aromatic nitrogens is 5. The zero-order valence-corrected chi connectivity index (χ0v) is 17.6. The first-order valence-electron chi connectivity index (χ1n) is 10.1. The summed E-state index contributed by atoms with van der Waals surface area (Å²) in [5.74, 6) is 1.02. The highest BCUT2D eigenvalue weighted by molar-refractivity contribution is 5.99. The summed E-state index contributed by atoms with van der Waals surface area (Å²) in [6, 6.07) is 7.62. The second-order valence-corrected chi connectivity index (χ2v) is 7.71. The molecule has 1 atom stereocenters. The molecule has 0 saturated carbocycles. The Morgan fingerprint density at radius 1 is 1.19 bits per heavy atom. The van der Waals surface area contributed by atoms with Gasteiger partial charge in [0.1, 0.15) is 5.69 Å². The van der Waals surface area contributed by atoms with Crippen LogP contribution in [0.5, 0.6) is 0 Å². The largest absolute Gasteiger partial charge is 0.377 e. The highest BCUT2D eigenvalue weighted by Gasteiger charge is 2.27. The molecular weight excluding hydrogens is 396 g/mol. The molecule has 0 spiro atoms. The zero-order valence-electron chi connectivity index (χ0n) is 17.6. The number of nitrogens with zero attached hydrogens (tertiary/aromatic N) is 6. The monoisotopic (exact) mass is 418 g/mol. The van der Waals surface area contributed by atoms with Gasteiger partial charge in [0.2, 0.25) is 11.7 Å². The Morgan fingerprint density at radius 2 is 2.03 bits per heavy atom. The van der Waals surface area contributed by atoms with Crippen molar-refractivity contribution in [1.29, 1.82) is 0 Å². The molecule has 4 aromatic rings. The quantitative estimate of drug-likeness (QED) is 0.504. The lowest BCUT2D eigenvalue weighted by molar-refractivity contribution is 0.00310. The maximum Gasteiger partial charge on any atom is 0.270 e. The van der Waals surface area contributed by atoms with Gasteiger partial charge in [-0.3, -0.25) is 14.8 Å². The van der Waals surface area contributed by atoms with Gasteiger partial charge in [-0.15, -0.1) is 0 Å². The molecule has 5 heterocycles. The predicted molar refractivity (Wildman–Crippen MR) is 113 cm³/mol. The molecule has 0 N–H and O–H groups in total. The second kappa shape index (κ2) is 7.59. The van der Waals surface area contributed by atoms with Gasteiger partial charge in [0, 0.05) is 37.7 Å². The summed E-state index contributed by atoms with van der Waals surface area (Å²) in [4.78, 5) is 28.3. The Bertz CT molecular complexity index is 1280. The summed E-state index contributed by atoms with van der Waals surface area (Å²) in [5.41, 5.74) is 3.72. The Morgan fingerprint density at radius 3 is 2.81 bits per heavy atom. The Kier molecular flexibility index (Phi) is 4.74. The number of hydrogen-bond acceptors (Lipinski definition) is 7. The number of pyridine rings is 2. The van der Waals surface area contributed by atoms with Gasteiger partial charge >= 0.3 is 0 Å². The maximum atomic E-state index is 13.2. The van der Waals surface area contributed by atoms with E-state index in [4.69, 9.17) is 9.26 Å². The summed E-state index contributed by atoms with van der Waals surface area (Å²) in [7, 11) is 1.89. The molecule has 1 aliphatic rings. The predicted octanol–water partition coefficient (Wildman–Crippen LogP) is 2.85. The molecule has 0 bridgehead atoms. The van der Waals surface area contributed by atoms with Crippen molar-refractivity contribution in [3.05, 3.63) is 48.2 Å². The van der Waals surface area contributed by atoms with Gasteiger partial charge in [-0.05, 0) is 31.2 Å². The zero-order chi connectivity index (χ0) is 21.5. The van der Waals surface area contributed by atoms with Crippen molar-refractivity contribution in [2.45, 2.75) is 19.9 Å². The highest BCUT2D eigenvalue weighted by Crippen LogP contribution is 2.26. The molecule has 1 amide bonds. The smallest absolute Gasteiger partial charge is 0.270 e. The SMILES string of the molecule is Cc1nc(-c2ccnc(-c3cc4cc(C(=O)N5CCOC[C@@H]5C)n(C)c4cn3)c2)no1. The van der Waals surface area contributed by atoms with Crippen molar-refractivity contribution < 1.29 is 14.1 Å². The van der Waals surface area contributed by atoms with Crippen LogP contribution in [-0.2, 0) is 11.8 Å². The average molecular weight is 418 g/mol. The van der Waals surface area contributed by atoms with Crippen molar-refractivity contribution in [3.8, 4) is 22.8 Å². The summed E-state index contributed by atoms with van der Waals surface area (Å²) < 4.78 is 12.4. The van der Waals surface area contributed by atoms with E-state index in [1.54, 1.807) is 19.3 Å². The van der Waals surface area contributed by atoms with Gasteiger partial charge in [-0.1, -0.05) is 5.16 Å². The Hall–Kier alpha value is -3.59. The number of rotatable bonds is 3. The molecule has 0 aromatic carbocycles. The molecule has 9 nitrogen and oxygen atoms in total. The van der Waals surface area contributed by atoms with Crippen LogP contribution in [0, 0.1) is 6.92 Å². The third-order valence-electron chi connectivity index (χ3n) is 5.58. The minimum atomic E-state index is 0.00338. The lowest BCUT2D eigenvalue weighted by atomic mass is 10.1. The normalized spacial score (nSPS) is 16.7. The first-order valence-corrected chi connectivity index (χ1v) is 10.1. The number of morpholine rings is 1. The van der Waals surface area contributed by atoms with Gasteiger partial charge < -0.3 is 18.7 Å². The molecule has 0 radical (unpaired) electrons. The number of ether oxygens (including phenoxy) is 1. The number of fused-ring (bicyclic) bond motifs is 1. The van der Waals surface area contributed by atoms with E-state index in [1.165, 1.54) is 0 Å². The summed E-state index contributed by atoms with van der Waals surface area (Å²) in [6.07, 6.45) is 3.47. The summed E-state index contributed by atoms with van der Waals surface area (Å²) in [5, 5.41) is 4.90. The van der Waals surface area contributed by atoms with Crippen LogP contribution in [0.4, 0.5) is 0 Å². The number of carbonyl (C=O) groups excluding carboxylic acids is 1. The fourth-order valence-corrected chi connectivity index (χ4v) is 3.88. The molecule has 5 rings (SSSR count). The topological polar surface area (TPSA) is 99.2 Å². The standard InChI is InChI=1S/C22H22N6O3/c1-13-12-30-7-6-28(13)22(29)19-10-16-9-18(24-11-20(16)27(19)3)17-8-15(4-5-23-17)21-25-14(2)31-26-21/h4-5,8-11,13H,6-7,12H2,1-3H3/t13-/m0/s1. The highest BCUT2D eigenvalue weighted by atomic mass is 16.5. The lowest BCUT2D eigenvalue weighted by Crippen LogP contribution is -2.47. The molecule has 0 unspecified atom stereocenters. The second-order valence-electron chi connectivity index (χ2n) is 7.71. The van der Waals surface area contributed by atoms with Crippen LogP contribution in [-0.4, -0.2) is 61.3 Å². The summed E-state index contributed by atoms with van der Waals surface area (Å²) in [6.45, 7) is 5.47. The number of hydrogen-bond donors (Lipinski definition) is 0. The van der Waals surface area contributed by atoms with E-state index < -0.39 is 0 Å². The Balaban J connectivity index is 1.50. The van der Waals surface area contributed by atoms with Crippen LogP contribution >= 0.6 is 0 Å². The van der Waals surface area contributed by atoms with Gasteiger partial charge in [-0.2, -0.15) is 4.98 Å². The molecule has 158 valence electrons. The van der Waals surface area contributed by atoms with Crippen LogP contribution < -0.4 is 0 Å². The molecular formula is C22H22N6O3. The average Bonchev–Trinajstić information content (AvgIpc) is 3.37. The minimum absolute atomic E-state index is 0.00338. The van der Waals surface area contributed by atoms with Gasteiger partial charge in [0.15, 0.2) is 0 Å². The number of aryl methyl sites for hydroxylation is 2. The van der Waals surface area contributed by atoms with E-state index in [-0.39, 0.29) is 11.9 Å². The van der Waals surface area contributed by atoms with E-state index in [9.17, 15) is 4.79 Å². The van der Waals surface area contributed by atoms with Crippen molar-refractivity contribution in [2.75, 3.05) is 19.8 Å². The van der Waals surface area contributed by atoms with Crippen molar-refractivity contribution >= 4 is 16.8 Å². The van der Waals surface area contributed by atoms with E-state index in [2.05, 4.69) is 20.1 Å². The van der Waals surface area contributed by atoms with Crippen LogP contribution in [0.1, 0.15) is 23.3 Å². The van der Waals surface area contributed by atoms with E-state index in [0.29, 0.717) is 48.6 Å². The fraction of sp³-hybridized carbons (Fsp3) is 0.318. The van der Waals surface area contributed by atoms with Crippen LogP contribution in [0.2, 0.25) is 0 Å². The van der Waals surface area contributed by atoms with Crippen LogP contribution in [0.25, 0.3) is 33.7 Å². The molecule has 4 aromatic heterocycles. The minimum Gasteiger partial charge on any atom is -0.377 e. The van der Waals surface area contributed by atoms with Crippen molar-refractivity contribution in [3.63, 3.8) is 0 Å². The maximum absolute atomic E-state index is 13.2. The first kappa shape index (κ1) is 19.4. The molecule has 1 saturated heterocycles. The number of amides is 1. The van der Waals surface area contributed by atoms with Gasteiger partial charge in [-0.25, -0.2) is 0 Å². The van der Waals surface area contributed by atoms with E-state index in [0.717, 1.165) is 16.5 Å². The van der Waals surface area contributed by atoms with Crippen molar-refractivity contribution in [1.82, 2.24) is 29.6 Å². The van der Waals surface area contributed by atoms with E-state index in [1.807, 2.05) is 47.7 Å². The third kappa shape index (κ3) is 3.46. The van der Waals surface area contributed by atoms with E-state index >= 15 is 0 Å². The van der Waals surface area contributed by atoms with Crippen LogP contribution in [0.3, 0.4) is 0 Å². The van der Waals surface area contributed by atoms with Crippen LogP contribution in [0.15, 0.2) is 41.2 Å². The molecule has 9 heteroatoms. The van der Waals surface area contributed by atoms with Gasteiger partial charge in [0.25, 0.3) is 5.91 Å². The van der Waals surface area contributed by atoms with Gasteiger partial charge in [0.05, 0.1) is 42.4 Å². The molecule has 0 aliphatic carbocycles. The molecule has 1 fully saturated rings. The third-order valence-corrected chi connectivity index (χ3v) is 5.58. The Labute approximate surface area is 178 Å². The molecule has 31 heavy (non-hydrogen) atoms.